The monoisotopic (exact) mass is 184 g/mol. The van der Waals surface area contributed by atoms with Gasteiger partial charge in [-0.25, -0.2) is 4.98 Å². The largest absolute Gasteiger partial charge is 0.328 e. The molecule has 0 radical (unpaired) electrons. The Morgan fingerprint density at radius 1 is 1.58 bits per heavy atom. The lowest BCUT2D eigenvalue weighted by Crippen LogP contribution is -2.15. The lowest BCUT2D eigenvalue weighted by Gasteiger charge is -2.03. The van der Waals surface area contributed by atoms with Crippen LogP contribution < -0.4 is 5.73 Å². The van der Waals surface area contributed by atoms with Crippen LogP contribution in [0, 0.1) is 0 Å². The standard InChI is InChI=1S/C9H13ClN2/c1-7(11)2-3-8-4-5-9(10)12-6-8/h4-7H,2-3,11H2,1H3. The first-order chi connectivity index (χ1) is 5.68. The lowest BCUT2D eigenvalue weighted by molar-refractivity contribution is 0.665. The number of nitrogens with two attached hydrogens (primary N) is 1. The molecule has 0 aliphatic rings. The summed E-state index contributed by atoms with van der Waals surface area (Å²) in [6, 6.07) is 4.04. The van der Waals surface area contributed by atoms with Crippen molar-refractivity contribution >= 4 is 11.6 Å². The second kappa shape index (κ2) is 4.43. The summed E-state index contributed by atoms with van der Waals surface area (Å²) < 4.78 is 0. The summed E-state index contributed by atoms with van der Waals surface area (Å²) in [6.07, 6.45) is 3.76. The number of hydrogen-bond acceptors (Lipinski definition) is 2. The van der Waals surface area contributed by atoms with E-state index in [-0.39, 0.29) is 6.04 Å². The second-order valence-corrected chi connectivity index (χ2v) is 3.39. The van der Waals surface area contributed by atoms with Crippen molar-refractivity contribution in [2.45, 2.75) is 25.8 Å². The van der Waals surface area contributed by atoms with Gasteiger partial charge in [-0.1, -0.05) is 17.7 Å². The van der Waals surface area contributed by atoms with E-state index in [9.17, 15) is 0 Å². The Kier molecular flexibility index (Phi) is 3.50. The van der Waals surface area contributed by atoms with Gasteiger partial charge in [0.1, 0.15) is 5.15 Å². The van der Waals surface area contributed by atoms with Gasteiger partial charge in [0.05, 0.1) is 0 Å². The molecule has 0 bridgehead atoms. The Morgan fingerprint density at radius 3 is 2.83 bits per heavy atom. The van der Waals surface area contributed by atoms with E-state index in [0.29, 0.717) is 5.15 Å². The molecule has 1 atom stereocenters. The van der Waals surface area contributed by atoms with Crippen LogP contribution in [-0.4, -0.2) is 11.0 Å². The third kappa shape index (κ3) is 3.20. The topological polar surface area (TPSA) is 38.9 Å². The van der Waals surface area contributed by atoms with Crippen molar-refractivity contribution in [2.24, 2.45) is 5.73 Å². The SMILES string of the molecule is CC(N)CCc1ccc(Cl)nc1. The van der Waals surface area contributed by atoms with Gasteiger partial charge in [-0.2, -0.15) is 0 Å². The van der Waals surface area contributed by atoms with Crippen molar-refractivity contribution < 1.29 is 0 Å². The summed E-state index contributed by atoms with van der Waals surface area (Å²) >= 11 is 5.64. The number of rotatable bonds is 3. The van der Waals surface area contributed by atoms with Crippen LogP contribution in [0.1, 0.15) is 18.9 Å². The minimum absolute atomic E-state index is 0.251. The minimum Gasteiger partial charge on any atom is -0.328 e. The fourth-order valence-electron chi connectivity index (χ4n) is 0.949. The van der Waals surface area contributed by atoms with Gasteiger partial charge in [0.2, 0.25) is 0 Å². The quantitative estimate of drug-likeness (QED) is 0.730. The molecule has 1 aromatic heterocycles. The number of hydrogen-bond donors (Lipinski definition) is 1. The third-order valence-corrected chi connectivity index (χ3v) is 1.90. The van der Waals surface area contributed by atoms with Gasteiger partial charge in [0, 0.05) is 12.2 Å². The summed E-state index contributed by atoms with van der Waals surface area (Å²) in [6.45, 7) is 2.00. The van der Waals surface area contributed by atoms with E-state index >= 15 is 0 Å². The van der Waals surface area contributed by atoms with E-state index in [2.05, 4.69) is 4.98 Å². The molecule has 0 amide bonds. The number of aromatic nitrogens is 1. The fourth-order valence-corrected chi connectivity index (χ4v) is 1.06. The molecular formula is C9H13ClN2. The van der Waals surface area contributed by atoms with Gasteiger partial charge in [0.15, 0.2) is 0 Å². The molecule has 0 saturated carbocycles. The Labute approximate surface area is 77.8 Å². The summed E-state index contributed by atoms with van der Waals surface area (Å²) in [5, 5.41) is 0.541. The first kappa shape index (κ1) is 9.49. The molecule has 12 heavy (non-hydrogen) atoms. The summed E-state index contributed by atoms with van der Waals surface area (Å²) in [4.78, 5) is 3.98. The van der Waals surface area contributed by atoms with Gasteiger partial charge in [-0.3, -0.25) is 0 Å². The second-order valence-electron chi connectivity index (χ2n) is 3.01. The Hall–Kier alpha value is -0.600. The molecule has 2 N–H and O–H groups in total. The molecule has 0 aliphatic carbocycles. The average molecular weight is 185 g/mol. The van der Waals surface area contributed by atoms with Crippen molar-refractivity contribution in [3.05, 3.63) is 29.0 Å². The highest BCUT2D eigenvalue weighted by molar-refractivity contribution is 6.29. The number of aryl methyl sites for hydroxylation is 1. The predicted octanol–water partition coefficient (Wildman–Crippen LogP) is 2.01. The maximum Gasteiger partial charge on any atom is 0.129 e. The maximum absolute atomic E-state index is 5.64. The number of nitrogens with zero attached hydrogens (tertiary/aromatic N) is 1. The van der Waals surface area contributed by atoms with Gasteiger partial charge in [-0.15, -0.1) is 0 Å². The van der Waals surface area contributed by atoms with Crippen LogP contribution in [0.25, 0.3) is 0 Å². The molecule has 1 unspecified atom stereocenters. The van der Waals surface area contributed by atoms with E-state index < -0.39 is 0 Å². The summed E-state index contributed by atoms with van der Waals surface area (Å²) in [5.41, 5.74) is 6.82. The first-order valence-electron chi connectivity index (χ1n) is 4.04. The van der Waals surface area contributed by atoms with Crippen LogP contribution in [-0.2, 0) is 6.42 Å². The molecule has 0 spiro atoms. The number of pyridine rings is 1. The predicted molar refractivity (Wildman–Crippen MR) is 51.2 cm³/mol. The minimum atomic E-state index is 0.251. The fraction of sp³-hybridized carbons (Fsp3) is 0.444. The van der Waals surface area contributed by atoms with Crippen molar-refractivity contribution in [3.63, 3.8) is 0 Å². The van der Waals surface area contributed by atoms with E-state index in [1.54, 1.807) is 12.3 Å². The van der Waals surface area contributed by atoms with Gasteiger partial charge < -0.3 is 5.73 Å². The molecule has 1 rings (SSSR count). The van der Waals surface area contributed by atoms with E-state index in [0.717, 1.165) is 12.8 Å². The van der Waals surface area contributed by atoms with Crippen LogP contribution in [0.15, 0.2) is 18.3 Å². The van der Waals surface area contributed by atoms with Crippen LogP contribution in [0.3, 0.4) is 0 Å². The normalized spacial score (nSPS) is 12.9. The van der Waals surface area contributed by atoms with Gasteiger partial charge in [-0.05, 0) is 31.4 Å². The summed E-state index contributed by atoms with van der Waals surface area (Å²) in [7, 11) is 0. The highest BCUT2D eigenvalue weighted by Gasteiger charge is 1.97. The third-order valence-electron chi connectivity index (χ3n) is 1.68. The van der Waals surface area contributed by atoms with Crippen molar-refractivity contribution in [1.82, 2.24) is 4.98 Å². The molecular weight excluding hydrogens is 172 g/mol. The zero-order chi connectivity index (χ0) is 8.97. The highest BCUT2D eigenvalue weighted by atomic mass is 35.5. The van der Waals surface area contributed by atoms with E-state index in [4.69, 9.17) is 17.3 Å². The molecule has 66 valence electrons. The molecule has 0 aliphatic heterocycles. The van der Waals surface area contributed by atoms with E-state index in [1.807, 2.05) is 13.0 Å². The molecule has 0 fully saturated rings. The first-order valence-corrected chi connectivity index (χ1v) is 4.42. The molecule has 1 heterocycles. The van der Waals surface area contributed by atoms with Crippen molar-refractivity contribution in [1.29, 1.82) is 0 Å². The zero-order valence-electron chi connectivity index (χ0n) is 7.13. The Morgan fingerprint density at radius 2 is 2.33 bits per heavy atom. The molecule has 1 aromatic rings. The van der Waals surface area contributed by atoms with Crippen LogP contribution >= 0.6 is 11.6 Å². The maximum atomic E-state index is 5.64. The average Bonchev–Trinajstić information content (AvgIpc) is 2.03. The van der Waals surface area contributed by atoms with Gasteiger partial charge >= 0.3 is 0 Å². The highest BCUT2D eigenvalue weighted by Crippen LogP contribution is 2.07. The molecule has 0 aromatic carbocycles. The number of halogens is 1. The Bertz CT molecular complexity index is 231. The van der Waals surface area contributed by atoms with Crippen LogP contribution in [0.4, 0.5) is 0 Å². The Balaban J connectivity index is 2.48. The van der Waals surface area contributed by atoms with Crippen LogP contribution in [0.2, 0.25) is 5.15 Å². The summed E-state index contributed by atoms with van der Waals surface area (Å²) in [5.74, 6) is 0. The molecule has 0 saturated heterocycles. The molecule has 3 heteroatoms. The van der Waals surface area contributed by atoms with E-state index in [1.165, 1.54) is 5.56 Å². The zero-order valence-corrected chi connectivity index (χ0v) is 7.88. The van der Waals surface area contributed by atoms with Gasteiger partial charge in [0.25, 0.3) is 0 Å². The molecule has 2 nitrogen and oxygen atoms in total. The van der Waals surface area contributed by atoms with Crippen molar-refractivity contribution in [3.8, 4) is 0 Å². The smallest absolute Gasteiger partial charge is 0.129 e. The van der Waals surface area contributed by atoms with Crippen molar-refractivity contribution in [2.75, 3.05) is 0 Å². The van der Waals surface area contributed by atoms with Crippen LogP contribution in [0.5, 0.6) is 0 Å². The lowest BCUT2D eigenvalue weighted by atomic mass is 10.1.